The van der Waals surface area contributed by atoms with Crippen molar-refractivity contribution in [3.63, 3.8) is 0 Å². The minimum atomic E-state index is -0.813. The van der Waals surface area contributed by atoms with E-state index >= 15 is 0 Å². The van der Waals surface area contributed by atoms with E-state index in [1.807, 2.05) is 19.1 Å². The largest absolute Gasteiger partial charge is 0.488 e. The highest BCUT2D eigenvalue weighted by Gasteiger charge is 2.17. The number of hydrogen-bond donors (Lipinski definition) is 2. The molecule has 1 aromatic carbocycles. The Morgan fingerprint density at radius 2 is 2.12 bits per heavy atom. The average molecular weight is 360 g/mol. The van der Waals surface area contributed by atoms with Crippen molar-refractivity contribution in [2.45, 2.75) is 39.4 Å². The van der Waals surface area contributed by atoms with Crippen molar-refractivity contribution < 1.29 is 24.4 Å². The molecule has 0 saturated heterocycles. The summed E-state index contributed by atoms with van der Waals surface area (Å²) in [6.45, 7) is 9.26. The Bertz CT molecular complexity index is 864. The van der Waals surface area contributed by atoms with Gasteiger partial charge < -0.3 is 14.3 Å². The summed E-state index contributed by atoms with van der Waals surface area (Å²) in [4.78, 5) is 16.0. The first kappa shape index (κ1) is 19.9. The van der Waals surface area contributed by atoms with E-state index in [9.17, 15) is 9.90 Å². The van der Waals surface area contributed by atoms with Crippen LogP contribution in [-0.2, 0) is 4.89 Å². The van der Waals surface area contributed by atoms with Gasteiger partial charge >= 0.3 is 5.63 Å². The summed E-state index contributed by atoms with van der Waals surface area (Å²) < 4.78 is 10.9. The third-order valence-electron chi connectivity index (χ3n) is 4.22. The summed E-state index contributed by atoms with van der Waals surface area (Å²) in [6, 6.07) is 6.75. The predicted molar refractivity (Wildman–Crippen MR) is 99.4 cm³/mol. The molecule has 0 amide bonds. The van der Waals surface area contributed by atoms with Crippen LogP contribution in [0.2, 0.25) is 0 Å². The minimum Gasteiger partial charge on any atom is -0.488 e. The highest BCUT2D eigenvalue weighted by molar-refractivity contribution is 5.86. The lowest BCUT2D eigenvalue weighted by Gasteiger charge is -2.18. The number of hydrogen-bond acceptors (Lipinski definition) is 6. The van der Waals surface area contributed by atoms with Gasteiger partial charge in [-0.05, 0) is 49.6 Å². The van der Waals surface area contributed by atoms with Crippen molar-refractivity contribution in [1.29, 1.82) is 0 Å². The first-order valence-corrected chi connectivity index (χ1v) is 8.30. The second-order valence-electron chi connectivity index (χ2n) is 6.33. The third-order valence-corrected chi connectivity index (χ3v) is 4.22. The maximum atomic E-state index is 11.7. The van der Waals surface area contributed by atoms with Crippen LogP contribution < -0.4 is 10.4 Å². The van der Waals surface area contributed by atoms with E-state index in [2.05, 4.69) is 11.5 Å². The van der Waals surface area contributed by atoms with Crippen molar-refractivity contribution >= 4 is 11.0 Å². The van der Waals surface area contributed by atoms with E-state index < -0.39 is 17.8 Å². The Kier molecular flexibility index (Phi) is 6.74. The highest BCUT2D eigenvalue weighted by atomic mass is 17.1. The lowest BCUT2D eigenvalue weighted by molar-refractivity contribution is -0.272. The number of aryl methyl sites for hydroxylation is 1. The number of benzene rings is 1. The van der Waals surface area contributed by atoms with E-state index in [0.717, 1.165) is 10.9 Å². The third kappa shape index (κ3) is 4.82. The van der Waals surface area contributed by atoms with E-state index in [1.54, 1.807) is 26.0 Å². The van der Waals surface area contributed by atoms with Gasteiger partial charge in [-0.25, -0.2) is 9.68 Å². The van der Waals surface area contributed by atoms with Crippen LogP contribution >= 0.6 is 0 Å². The molecule has 0 unspecified atom stereocenters. The van der Waals surface area contributed by atoms with Crippen molar-refractivity contribution in [3.05, 3.63) is 64.1 Å². The first-order chi connectivity index (χ1) is 12.3. The highest BCUT2D eigenvalue weighted by Crippen LogP contribution is 2.27. The molecule has 0 aliphatic rings. The normalized spacial score (nSPS) is 14.3. The molecule has 26 heavy (non-hydrogen) atoms. The van der Waals surface area contributed by atoms with Gasteiger partial charge in [-0.15, -0.1) is 0 Å². The molecule has 2 aromatic rings. The molecule has 6 heteroatoms. The van der Waals surface area contributed by atoms with E-state index in [1.165, 1.54) is 6.07 Å². The molecule has 0 aliphatic heterocycles. The van der Waals surface area contributed by atoms with Crippen LogP contribution in [0.4, 0.5) is 0 Å². The molecule has 0 saturated carbocycles. The zero-order valence-corrected chi connectivity index (χ0v) is 15.2. The molecule has 2 N–H and O–H groups in total. The summed E-state index contributed by atoms with van der Waals surface area (Å²) in [7, 11) is 0. The van der Waals surface area contributed by atoms with E-state index in [0.29, 0.717) is 22.5 Å². The van der Waals surface area contributed by atoms with Gasteiger partial charge in [0.1, 0.15) is 24.0 Å². The molecule has 6 nitrogen and oxygen atoms in total. The van der Waals surface area contributed by atoms with Gasteiger partial charge in [0.15, 0.2) is 0 Å². The van der Waals surface area contributed by atoms with Gasteiger partial charge in [-0.3, -0.25) is 5.26 Å². The monoisotopic (exact) mass is 360 g/mol. The van der Waals surface area contributed by atoms with Crippen molar-refractivity contribution in [2.24, 2.45) is 0 Å². The van der Waals surface area contributed by atoms with Crippen LogP contribution in [0.15, 0.2) is 57.3 Å². The van der Waals surface area contributed by atoms with Crippen LogP contribution in [0, 0.1) is 6.92 Å². The Morgan fingerprint density at radius 3 is 2.77 bits per heavy atom. The number of aliphatic hydroxyl groups is 1. The molecule has 0 spiro atoms. The fourth-order valence-corrected chi connectivity index (χ4v) is 2.59. The van der Waals surface area contributed by atoms with Crippen LogP contribution in [0.3, 0.4) is 0 Å². The lowest BCUT2D eigenvalue weighted by Crippen LogP contribution is -2.21. The molecule has 140 valence electrons. The van der Waals surface area contributed by atoms with Gasteiger partial charge in [-0.1, -0.05) is 18.7 Å². The molecule has 2 rings (SSSR count). The average Bonchev–Trinajstić information content (AvgIpc) is 2.58. The Morgan fingerprint density at radius 1 is 1.38 bits per heavy atom. The molecule has 0 fully saturated rings. The first-order valence-electron chi connectivity index (χ1n) is 8.30. The maximum absolute atomic E-state index is 11.7. The molecule has 1 aromatic heterocycles. The fourth-order valence-electron chi connectivity index (χ4n) is 2.59. The molecule has 0 aliphatic carbocycles. The smallest absolute Gasteiger partial charge is 0.339 e. The Hall–Kier alpha value is -2.41. The summed E-state index contributed by atoms with van der Waals surface area (Å²) in [5.74, 6) is 0.436. The molecule has 1 heterocycles. The SMILES string of the molecule is C=C(C)[C@H](C[C@H](O)/C(C)=C/COc1cc(=O)oc2cccc(C)c12)OO. The molecule has 0 bridgehead atoms. The van der Waals surface area contributed by atoms with Crippen LogP contribution in [0.1, 0.15) is 25.8 Å². The molecular weight excluding hydrogens is 336 g/mol. The molecule has 0 radical (unpaired) electrons. The lowest BCUT2D eigenvalue weighted by atomic mass is 10.0. The quantitative estimate of drug-likeness (QED) is 0.323. The summed E-state index contributed by atoms with van der Waals surface area (Å²) in [5, 5.41) is 19.8. The number of rotatable bonds is 8. The van der Waals surface area contributed by atoms with Crippen molar-refractivity contribution in [2.75, 3.05) is 6.61 Å². The topological polar surface area (TPSA) is 89.1 Å². The predicted octanol–water partition coefficient (Wildman–Crippen LogP) is 3.61. The Labute approximate surface area is 151 Å². The zero-order valence-electron chi connectivity index (χ0n) is 15.2. The van der Waals surface area contributed by atoms with Gasteiger partial charge in [0.2, 0.25) is 0 Å². The standard InChI is InChI=1S/C20H24O6/c1-12(2)17(26-23)10-15(21)13(3)8-9-24-18-11-19(22)25-16-7-5-6-14(4)20(16)18/h5-8,11,15,17,21,23H,1,9-10H2,2-4H3/b13-8+/t15-,17-/m0/s1. The second-order valence-corrected chi connectivity index (χ2v) is 6.33. The fraction of sp³-hybridized carbons (Fsp3) is 0.350. The summed E-state index contributed by atoms with van der Waals surface area (Å²) >= 11 is 0. The van der Waals surface area contributed by atoms with Crippen molar-refractivity contribution in [3.8, 4) is 5.75 Å². The summed E-state index contributed by atoms with van der Waals surface area (Å²) in [5.41, 5.74) is 2.21. The molecular formula is C20H24O6. The van der Waals surface area contributed by atoms with Gasteiger partial charge in [0.05, 0.1) is 17.6 Å². The molecule has 2 atom stereocenters. The Balaban J connectivity index is 2.11. The zero-order chi connectivity index (χ0) is 19.3. The van der Waals surface area contributed by atoms with Crippen LogP contribution in [0.25, 0.3) is 11.0 Å². The van der Waals surface area contributed by atoms with E-state index in [4.69, 9.17) is 14.4 Å². The van der Waals surface area contributed by atoms with Crippen LogP contribution in [0.5, 0.6) is 5.75 Å². The van der Waals surface area contributed by atoms with Gasteiger partial charge in [-0.2, -0.15) is 0 Å². The maximum Gasteiger partial charge on any atom is 0.339 e. The summed E-state index contributed by atoms with van der Waals surface area (Å²) in [6.07, 6.45) is 0.452. The number of aliphatic hydroxyl groups excluding tert-OH is 1. The van der Waals surface area contributed by atoms with Gasteiger partial charge in [0.25, 0.3) is 0 Å². The van der Waals surface area contributed by atoms with E-state index in [-0.39, 0.29) is 13.0 Å². The number of fused-ring (bicyclic) bond motifs is 1. The van der Waals surface area contributed by atoms with Crippen LogP contribution in [-0.4, -0.2) is 29.2 Å². The second kappa shape index (κ2) is 8.80. The van der Waals surface area contributed by atoms with Crippen molar-refractivity contribution in [1.82, 2.24) is 0 Å². The minimum absolute atomic E-state index is 0.174. The van der Waals surface area contributed by atoms with Gasteiger partial charge in [0, 0.05) is 6.42 Å². The number of ether oxygens (including phenoxy) is 1.